The van der Waals surface area contributed by atoms with E-state index in [2.05, 4.69) is 38.7 Å². The molecule has 5 heteroatoms. The molecule has 1 aromatic carbocycles. The van der Waals surface area contributed by atoms with Crippen LogP contribution in [0.15, 0.2) is 29.8 Å². The summed E-state index contributed by atoms with van der Waals surface area (Å²) in [6, 6.07) is 7.87. The molecule has 1 aliphatic heterocycles. The Morgan fingerprint density at radius 1 is 1.00 bits per heavy atom. The van der Waals surface area contributed by atoms with Crippen LogP contribution in [0.3, 0.4) is 0 Å². The quantitative estimate of drug-likeness (QED) is 0.410. The monoisotopic (exact) mass is 373 g/mol. The lowest BCUT2D eigenvalue weighted by Crippen LogP contribution is -2.41. The fourth-order valence-corrected chi connectivity index (χ4v) is 3.22. The predicted octanol–water partition coefficient (Wildman–Crippen LogP) is 4.02. The van der Waals surface area contributed by atoms with Crippen molar-refractivity contribution in [2.24, 2.45) is 11.8 Å². The fourth-order valence-electron chi connectivity index (χ4n) is 3.22. The first-order valence-electron chi connectivity index (χ1n) is 9.55. The maximum Gasteiger partial charge on any atom is 0.348 e. The Morgan fingerprint density at radius 3 is 2.07 bits per heavy atom. The highest BCUT2D eigenvalue weighted by atomic mass is 16.7. The van der Waals surface area contributed by atoms with Gasteiger partial charge in [0.15, 0.2) is 0 Å². The summed E-state index contributed by atoms with van der Waals surface area (Å²) in [5.74, 6) is -1.35. The highest BCUT2D eigenvalue weighted by molar-refractivity contribution is 6.18. The third-order valence-corrected chi connectivity index (χ3v) is 4.03. The third kappa shape index (κ3) is 6.51. The largest absolute Gasteiger partial charge is 0.419 e. The van der Waals surface area contributed by atoms with Crippen molar-refractivity contribution in [2.75, 3.05) is 13.1 Å². The van der Waals surface area contributed by atoms with Crippen molar-refractivity contribution in [3.63, 3.8) is 0 Å². The number of carbonyl (C=O) groups excluding carboxylic acids is 2. The molecule has 1 heterocycles. The van der Waals surface area contributed by atoms with Crippen LogP contribution in [0.25, 0.3) is 6.08 Å². The summed E-state index contributed by atoms with van der Waals surface area (Å²) in [5.41, 5.74) is 1.85. The first kappa shape index (κ1) is 21.2. The minimum atomic E-state index is -1.22. The van der Waals surface area contributed by atoms with Gasteiger partial charge < -0.3 is 9.47 Å². The molecule has 5 nitrogen and oxygen atoms in total. The zero-order valence-electron chi connectivity index (χ0n) is 17.2. The molecule has 2 rings (SSSR count). The predicted molar refractivity (Wildman–Crippen MR) is 106 cm³/mol. The van der Waals surface area contributed by atoms with Gasteiger partial charge >= 0.3 is 11.9 Å². The Labute approximate surface area is 162 Å². The Kier molecular flexibility index (Phi) is 6.82. The van der Waals surface area contributed by atoms with Crippen LogP contribution < -0.4 is 0 Å². The van der Waals surface area contributed by atoms with Crippen molar-refractivity contribution < 1.29 is 19.1 Å². The molecule has 0 saturated carbocycles. The molecule has 0 N–H and O–H groups in total. The lowest BCUT2D eigenvalue weighted by atomic mass is 10.1. The fraction of sp³-hybridized carbons (Fsp3) is 0.545. The smallest absolute Gasteiger partial charge is 0.348 e. The van der Waals surface area contributed by atoms with Gasteiger partial charge in [0, 0.05) is 33.5 Å². The van der Waals surface area contributed by atoms with Crippen LogP contribution in [0.1, 0.15) is 52.7 Å². The molecule has 0 aromatic heterocycles. The molecule has 0 aliphatic carbocycles. The van der Waals surface area contributed by atoms with Crippen molar-refractivity contribution in [1.82, 2.24) is 4.90 Å². The molecule has 1 aliphatic rings. The molecule has 0 spiro atoms. The van der Waals surface area contributed by atoms with Crippen LogP contribution in [0.2, 0.25) is 0 Å². The van der Waals surface area contributed by atoms with Gasteiger partial charge in [0.1, 0.15) is 5.57 Å². The topological polar surface area (TPSA) is 55.8 Å². The zero-order chi connectivity index (χ0) is 20.2. The van der Waals surface area contributed by atoms with Crippen molar-refractivity contribution in [2.45, 2.75) is 53.9 Å². The third-order valence-electron chi connectivity index (χ3n) is 4.03. The molecule has 0 atom stereocenters. The van der Waals surface area contributed by atoms with E-state index in [-0.39, 0.29) is 5.57 Å². The highest BCUT2D eigenvalue weighted by Gasteiger charge is 2.38. The highest BCUT2D eigenvalue weighted by Crippen LogP contribution is 2.24. The number of nitrogens with zero attached hydrogens (tertiary/aromatic N) is 1. The first-order valence-corrected chi connectivity index (χ1v) is 9.55. The number of cyclic esters (lactones) is 2. The Hall–Kier alpha value is -2.14. The van der Waals surface area contributed by atoms with E-state index >= 15 is 0 Å². The molecule has 0 radical (unpaired) electrons. The summed E-state index contributed by atoms with van der Waals surface area (Å²) < 4.78 is 10.3. The first-order chi connectivity index (χ1) is 12.6. The van der Waals surface area contributed by atoms with Gasteiger partial charge in [0.25, 0.3) is 5.79 Å². The van der Waals surface area contributed by atoms with Gasteiger partial charge in [0.05, 0.1) is 0 Å². The Morgan fingerprint density at radius 2 is 1.56 bits per heavy atom. The normalized spacial score (nSPS) is 16.7. The number of rotatable bonds is 7. The van der Waals surface area contributed by atoms with E-state index in [9.17, 15) is 9.59 Å². The van der Waals surface area contributed by atoms with Crippen molar-refractivity contribution in [3.8, 4) is 0 Å². The van der Waals surface area contributed by atoms with E-state index in [1.165, 1.54) is 13.8 Å². The maximum absolute atomic E-state index is 12.1. The number of hydrogen-bond acceptors (Lipinski definition) is 5. The van der Waals surface area contributed by atoms with Gasteiger partial charge in [-0.15, -0.1) is 0 Å². The number of carbonyl (C=O) groups is 2. The average molecular weight is 373 g/mol. The lowest BCUT2D eigenvalue weighted by Gasteiger charge is -2.29. The van der Waals surface area contributed by atoms with Crippen LogP contribution >= 0.6 is 0 Å². The van der Waals surface area contributed by atoms with Crippen LogP contribution in [0, 0.1) is 11.8 Å². The summed E-state index contributed by atoms with van der Waals surface area (Å²) in [6.45, 7) is 14.8. The molecule has 1 aromatic rings. The molecular formula is C22H31NO4. The summed E-state index contributed by atoms with van der Waals surface area (Å²) in [5, 5.41) is 0. The molecule has 0 amide bonds. The van der Waals surface area contributed by atoms with E-state index in [4.69, 9.17) is 9.47 Å². The second-order valence-electron chi connectivity index (χ2n) is 8.46. The van der Waals surface area contributed by atoms with E-state index in [0.29, 0.717) is 11.8 Å². The van der Waals surface area contributed by atoms with Gasteiger partial charge in [0.2, 0.25) is 0 Å². The van der Waals surface area contributed by atoms with E-state index in [0.717, 1.165) is 30.8 Å². The van der Waals surface area contributed by atoms with Crippen LogP contribution in [0.5, 0.6) is 0 Å². The van der Waals surface area contributed by atoms with Crippen molar-refractivity contribution >= 4 is 18.0 Å². The summed E-state index contributed by atoms with van der Waals surface area (Å²) in [4.78, 5) is 26.7. The van der Waals surface area contributed by atoms with Gasteiger partial charge in [-0.1, -0.05) is 52.0 Å². The molecule has 27 heavy (non-hydrogen) atoms. The van der Waals surface area contributed by atoms with Crippen LogP contribution in [-0.2, 0) is 25.6 Å². The van der Waals surface area contributed by atoms with Gasteiger partial charge in [-0.2, -0.15) is 0 Å². The second kappa shape index (κ2) is 8.70. The molecule has 148 valence electrons. The van der Waals surface area contributed by atoms with E-state index in [1.807, 2.05) is 18.2 Å². The van der Waals surface area contributed by atoms with Gasteiger partial charge in [-0.05, 0) is 29.0 Å². The number of hydrogen-bond donors (Lipinski definition) is 0. The Balaban J connectivity index is 2.19. The molecule has 1 fully saturated rings. The summed E-state index contributed by atoms with van der Waals surface area (Å²) >= 11 is 0. The minimum absolute atomic E-state index is 0.0762. The zero-order valence-corrected chi connectivity index (χ0v) is 17.2. The number of esters is 2. The number of ether oxygens (including phenoxy) is 2. The standard InChI is InChI=1S/C22H31NO4/c1-15(2)12-23(13-16(3)4)14-18-9-7-8-17(10-18)11-19-20(24)26-22(5,6)27-21(19)25/h7-11,15-16H,12-14H2,1-6H3. The van der Waals surface area contributed by atoms with E-state index < -0.39 is 17.7 Å². The molecule has 1 saturated heterocycles. The summed E-state index contributed by atoms with van der Waals surface area (Å²) in [7, 11) is 0. The van der Waals surface area contributed by atoms with Gasteiger partial charge in [-0.3, -0.25) is 4.90 Å². The van der Waals surface area contributed by atoms with E-state index in [1.54, 1.807) is 6.08 Å². The number of benzene rings is 1. The van der Waals surface area contributed by atoms with Crippen molar-refractivity contribution in [3.05, 3.63) is 41.0 Å². The summed E-state index contributed by atoms with van der Waals surface area (Å²) in [6.07, 6.45) is 1.54. The Bertz CT molecular complexity index is 687. The van der Waals surface area contributed by atoms with Crippen LogP contribution in [-0.4, -0.2) is 35.7 Å². The maximum atomic E-state index is 12.1. The molecule has 0 bridgehead atoms. The average Bonchev–Trinajstić information content (AvgIpc) is 2.49. The lowest BCUT2D eigenvalue weighted by molar-refractivity contribution is -0.222. The molecular weight excluding hydrogens is 342 g/mol. The van der Waals surface area contributed by atoms with Crippen LogP contribution in [0.4, 0.5) is 0 Å². The SMILES string of the molecule is CC(C)CN(Cc1cccc(C=C2C(=O)OC(C)(C)OC2=O)c1)CC(C)C. The minimum Gasteiger partial charge on any atom is -0.419 e. The second-order valence-corrected chi connectivity index (χ2v) is 8.46. The van der Waals surface area contributed by atoms with Crippen molar-refractivity contribution in [1.29, 1.82) is 0 Å². The van der Waals surface area contributed by atoms with Gasteiger partial charge in [-0.25, -0.2) is 9.59 Å². The molecule has 0 unspecified atom stereocenters.